The van der Waals surface area contributed by atoms with Gasteiger partial charge in [-0.15, -0.1) is 0 Å². The summed E-state index contributed by atoms with van der Waals surface area (Å²) < 4.78 is 33.3. The average molecular weight is 541 g/mol. The third kappa shape index (κ3) is 6.48. The van der Waals surface area contributed by atoms with Crippen LogP contribution < -0.4 is 0 Å². The Hall–Kier alpha value is -2.66. The molecule has 1 saturated heterocycles. The highest BCUT2D eigenvalue weighted by Gasteiger charge is 2.76. The minimum absolute atomic E-state index is 0.0440. The number of hydrogen-bond donors (Lipinski definition) is 1. The zero-order valence-electron chi connectivity index (χ0n) is 23.2. The number of esters is 4. The van der Waals surface area contributed by atoms with Gasteiger partial charge in [-0.25, -0.2) is 4.79 Å². The van der Waals surface area contributed by atoms with Gasteiger partial charge in [-0.3, -0.25) is 14.4 Å². The highest BCUT2D eigenvalue weighted by Crippen LogP contribution is 2.59. The molecule has 38 heavy (non-hydrogen) atoms. The first kappa shape index (κ1) is 29.9. The van der Waals surface area contributed by atoms with Gasteiger partial charge in [-0.1, -0.05) is 41.5 Å². The van der Waals surface area contributed by atoms with Gasteiger partial charge in [0.15, 0.2) is 0 Å². The number of hydrogen-bond acceptors (Lipinski definition) is 11. The van der Waals surface area contributed by atoms with E-state index >= 15 is 0 Å². The van der Waals surface area contributed by atoms with Crippen LogP contribution in [0.3, 0.4) is 0 Å². The van der Waals surface area contributed by atoms with E-state index in [0.29, 0.717) is 0 Å². The van der Waals surface area contributed by atoms with Crippen molar-refractivity contribution in [1.29, 1.82) is 0 Å². The Bertz CT molecular complexity index is 949. The molecule has 0 aromatic rings. The SMILES string of the molecule is CC(=O)O[C@H]1C[C@]2(O)C(COC(=O)[C@H](OC(=O)CC(C)C)C(C)C)=CO[C@@H](OC(=O)CC(C)C)[C@@H]2[C@@]12CO2. The molecule has 0 aromatic carbocycles. The summed E-state index contributed by atoms with van der Waals surface area (Å²) in [5.41, 5.74) is -2.65. The Morgan fingerprint density at radius 3 is 2.16 bits per heavy atom. The van der Waals surface area contributed by atoms with Gasteiger partial charge in [0.2, 0.25) is 6.10 Å². The topological polar surface area (TPSA) is 147 Å². The molecule has 0 amide bonds. The van der Waals surface area contributed by atoms with Crippen LogP contribution in [0.2, 0.25) is 0 Å². The summed E-state index contributed by atoms with van der Waals surface area (Å²) in [4.78, 5) is 49.3. The molecule has 2 fully saturated rings. The number of rotatable bonds is 11. The Balaban J connectivity index is 1.80. The van der Waals surface area contributed by atoms with Crippen molar-refractivity contribution < 1.29 is 52.7 Å². The first-order valence-electron chi connectivity index (χ1n) is 13.1. The number of carbonyl (C=O) groups excluding carboxylic acids is 4. The molecule has 3 rings (SSSR count). The highest BCUT2D eigenvalue weighted by molar-refractivity contribution is 5.80. The first-order valence-corrected chi connectivity index (χ1v) is 13.1. The van der Waals surface area contributed by atoms with Gasteiger partial charge < -0.3 is 33.5 Å². The van der Waals surface area contributed by atoms with Gasteiger partial charge in [0, 0.05) is 37.7 Å². The van der Waals surface area contributed by atoms with Crippen LogP contribution in [0.15, 0.2) is 11.8 Å². The summed E-state index contributed by atoms with van der Waals surface area (Å²) >= 11 is 0. The molecule has 0 unspecified atom stereocenters. The summed E-state index contributed by atoms with van der Waals surface area (Å²) in [6, 6.07) is 0. The molecular weight excluding hydrogens is 500 g/mol. The molecule has 2 aliphatic heterocycles. The predicted molar refractivity (Wildman–Crippen MR) is 131 cm³/mol. The van der Waals surface area contributed by atoms with Gasteiger partial charge in [-0.05, 0) is 11.8 Å². The second-order valence-electron chi connectivity index (χ2n) is 11.5. The van der Waals surface area contributed by atoms with Crippen LogP contribution in [-0.4, -0.2) is 71.9 Å². The third-order valence-electron chi connectivity index (χ3n) is 6.90. The fourth-order valence-electron chi connectivity index (χ4n) is 5.07. The van der Waals surface area contributed by atoms with Crippen LogP contribution in [0, 0.1) is 23.7 Å². The van der Waals surface area contributed by atoms with Crippen LogP contribution in [0.4, 0.5) is 0 Å². The summed E-state index contributed by atoms with van der Waals surface area (Å²) in [6.45, 7) is 12.0. The van der Waals surface area contributed by atoms with Gasteiger partial charge in [0.1, 0.15) is 29.8 Å². The lowest BCUT2D eigenvalue weighted by Gasteiger charge is -2.40. The van der Waals surface area contributed by atoms with Gasteiger partial charge in [0.25, 0.3) is 6.29 Å². The molecule has 3 aliphatic rings. The largest absolute Gasteiger partial charge is 0.462 e. The highest BCUT2D eigenvalue weighted by atomic mass is 16.7. The fourth-order valence-corrected chi connectivity index (χ4v) is 5.07. The summed E-state index contributed by atoms with van der Waals surface area (Å²) in [5.74, 6) is -3.51. The van der Waals surface area contributed by atoms with E-state index in [9.17, 15) is 24.3 Å². The van der Waals surface area contributed by atoms with Crippen molar-refractivity contribution in [3.8, 4) is 0 Å². The monoisotopic (exact) mass is 540 g/mol. The molecule has 1 N–H and O–H groups in total. The second-order valence-corrected chi connectivity index (χ2v) is 11.5. The molecule has 6 atom stereocenters. The lowest BCUT2D eigenvalue weighted by atomic mass is 9.79. The normalized spacial score (nSPS) is 30.4. The zero-order valence-corrected chi connectivity index (χ0v) is 23.2. The van der Waals surface area contributed by atoms with E-state index in [1.54, 1.807) is 13.8 Å². The Labute approximate surface area is 223 Å². The number of ether oxygens (including phenoxy) is 6. The zero-order chi connectivity index (χ0) is 28.4. The predicted octanol–water partition coefficient (Wildman–Crippen LogP) is 2.42. The van der Waals surface area contributed by atoms with E-state index in [-0.39, 0.29) is 55.8 Å². The summed E-state index contributed by atoms with van der Waals surface area (Å²) in [5, 5.41) is 11.9. The maximum absolute atomic E-state index is 12.9. The Morgan fingerprint density at radius 2 is 1.63 bits per heavy atom. The Morgan fingerprint density at radius 1 is 1.03 bits per heavy atom. The minimum Gasteiger partial charge on any atom is -0.462 e. The smallest absolute Gasteiger partial charge is 0.348 e. The number of epoxide rings is 1. The van der Waals surface area contributed by atoms with E-state index in [1.165, 1.54) is 13.2 Å². The lowest BCUT2D eigenvalue weighted by Crippen LogP contribution is -2.53. The van der Waals surface area contributed by atoms with Crippen LogP contribution in [0.1, 0.15) is 67.7 Å². The van der Waals surface area contributed by atoms with E-state index in [1.807, 2.05) is 27.7 Å². The van der Waals surface area contributed by atoms with Crippen molar-refractivity contribution in [3.63, 3.8) is 0 Å². The average Bonchev–Trinajstić information content (AvgIpc) is 3.51. The first-order chi connectivity index (χ1) is 17.7. The quantitative estimate of drug-likeness (QED) is 0.234. The van der Waals surface area contributed by atoms with Gasteiger partial charge in [-0.2, -0.15) is 0 Å². The van der Waals surface area contributed by atoms with Crippen LogP contribution in [-0.2, 0) is 47.6 Å². The maximum Gasteiger partial charge on any atom is 0.348 e. The van der Waals surface area contributed by atoms with Crippen molar-refractivity contribution in [2.75, 3.05) is 13.2 Å². The van der Waals surface area contributed by atoms with Gasteiger partial charge in [0.05, 0.1) is 12.9 Å². The van der Waals surface area contributed by atoms with E-state index in [2.05, 4.69) is 0 Å². The van der Waals surface area contributed by atoms with Crippen molar-refractivity contribution in [3.05, 3.63) is 11.8 Å². The molecule has 1 aliphatic carbocycles. The van der Waals surface area contributed by atoms with Crippen molar-refractivity contribution in [2.45, 2.75) is 97.4 Å². The van der Waals surface area contributed by atoms with Crippen LogP contribution in [0.25, 0.3) is 0 Å². The van der Waals surface area contributed by atoms with Crippen molar-refractivity contribution in [1.82, 2.24) is 0 Å². The molecule has 0 radical (unpaired) electrons. The molecule has 11 nitrogen and oxygen atoms in total. The van der Waals surface area contributed by atoms with Crippen molar-refractivity contribution in [2.24, 2.45) is 23.7 Å². The van der Waals surface area contributed by atoms with Crippen LogP contribution >= 0.6 is 0 Å². The third-order valence-corrected chi connectivity index (χ3v) is 6.90. The standard InChI is InChI=1S/C27H40O11/c1-14(2)8-20(29)37-22(16(5)6)24(31)33-11-18-12-34-25(38-21(30)9-15(3)4)23-26(18,32)10-19(36-17(7)28)27(23)13-35-27/h12,14-16,19,22-23,25,32H,8-11,13H2,1-7H3/t19-,22+,23-,25-,26-,27+/m0/s1. The lowest BCUT2D eigenvalue weighted by molar-refractivity contribution is -0.208. The van der Waals surface area contributed by atoms with E-state index in [0.717, 1.165) is 0 Å². The molecule has 0 bridgehead atoms. The molecule has 1 saturated carbocycles. The molecule has 1 spiro atoms. The van der Waals surface area contributed by atoms with Gasteiger partial charge >= 0.3 is 23.9 Å². The number of fused-ring (bicyclic) bond motifs is 2. The summed E-state index contributed by atoms with van der Waals surface area (Å²) in [7, 11) is 0. The Kier molecular flexibility index (Phi) is 9.13. The van der Waals surface area contributed by atoms with Crippen molar-refractivity contribution >= 4 is 23.9 Å². The maximum atomic E-state index is 12.9. The summed E-state index contributed by atoms with van der Waals surface area (Å²) in [6.07, 6.45) is -1.72. The van der Waals surface area contributed by atoms with Crippen LogP contribution in [0.5, 0.6) is 0 Å². The molecular formula is C27H40O11. The van der Waals surface area contributed by atoms with E-state index in [4.69, 9.17) is 28.4 Å². The second kappa shape index (κ2) is 11.6. The molecule has 0 aromatic heterocycles. The molecule has 11 heteroatoms. The number of carbonyl (C=O) groups is 4. The number of aliphatic hydroxyl groups is 1. The minimum atomic E-state index is -1.72. The molecule has 214 valence electrons. The van der Waals surface area contributed by atoms with E-state index < -0.39 is 59.5 Å². The molecule has 2 heterocycles. The fraction of sp³-hybridized carbons (Fsp3) is 0.778.